The summed E-state index contributed by atoms with van der Waals surface area (Å²) in [6, 6.07) is 18.5. The summed E-state index contributed by atoms with van der Waals surface area (Å²) in [5.74, 6) is 0.919. The van der Waals surface area contributed by atoms with Crippen LogP contribution in [0.2, 0.25) is 0 Å². The lowest BCUT2D eigenvalue weighted by atomic mass is 10.3. The van der Waals surface area contributed by atoms with E-state index >= 15 is 0 Å². The second-order valence-electron chi connectivity index (χ2n) is 7.00. The molecule has 0 unspecified atom stereocenters. The molecule has 0 saturated carbocycles. The van der Waals surface area contributed by atoms with Crippen LogP contribution in [0.1, 0.15) is 5.82 Å². The summed E-state index contributed by atoms with van der Waals surface area (Å²) in [7, 11) is -3.84. The van der Waals surface area contributed by atoms with E-state index in [0.29, 0.717) is 22.9 Å². The maximum absolute atomic E-state index is 13.1. The number of aryl methyl sites for hydroxylation is 1. The van der Waals surface area contributed by atoms with E-state index in [1.807, 2.05) is 35.6 Å². The quantitative estimate of drug-likeness (QED) is 0.429. The monoisotopic (exact) mass is 449 g/mol. The van der Waals surface area contributed by atoms with Gasteiger partial charge in [0, 0.05) is 5.69 Å². The van der Waals surface area contributed by atoms with Gasteiger partial charge in [-0.15, -0.1) is 10.2 Å². The number of hydrogen-bond acceptors (Lipinski definition) is 6. The van der Waals surface area contributed by atoms with Crippen LogP contribution < -0.4 is 9.46 Å². The Morgan fingerprint density at radius 3 is 2.41 bits per heavy atom. The minimum Gasteiger partial charge on any atom is -0.436 e. The topological polar surface area (TPSA) is 98.5 Å². The lowest BCUT2D eigenvalue weighted by molar-refractivity contribution is 0.467. The van der Waals surface area contributed by atoms with Crippen molar-refractivity contribution in [1.29, 1.82) is 0 Å². The summed E-state index contributed by atoms with van der Waals surface area (Å²) >= 11 is 0. The number of benzene rings is 3. The molecule has 8 nitrogen and oxygen atoms in total. The van der Waals surface area contributed by atoms with E-state index in [2.05, 4.69) is 19.9 Å². The lowest BCUT2D eigenvalue weighted by Crippen LogP contribution is -2.12. The van der Waals surface area contributed by atoms with E-state index in [0.717, 1.165) is 23.2 Å². The highest BCUT2D eigenvalue weighted by Gasteiger charge is 2.16. The van der Waals surface area contributed by atoms with Crippen molar-refractivity contribution in [2.75, 3.05) is 4.72 Å². The number of para-hydroxylation sites is 2. The normalized spacial score (nSPS) is 11.7. The van der Waals surface area contributed by atoms with Gasteiger partial charge in [0.1, 0.15) is 17.4 Å². The molecule has 0 spiro atoms. The molecule has 0 radical (unpaired) electrons. The Morgan fingerprint density at radius 1 is 0.938 bits per heavy atom. The number of sulfonamides is 1. The highest BCUT2D eigenvalue weighted by molar-refractivity contribution is 7.92. The largest absolute Gasteiger partial charge is 0.436 e. The van der Waals surface area contributed by atoms with Crippen LogP contribution in [-0.2, 0) is 10.0 Å². The molecule has 0 aliphatic rings. The molecule has 5 rings (SSSR count). The molecule has 32 heavy (non-hydrogen) atoms. The Kier molecular flexibility index (Phi) is 4.71. The Labute approximate surface area is 182 Å². The van der Waals surface area contributed by atoms with E-state index < -0.39 is 15.8 Å². The van der Waals surface area contributed by atoms with Crippen LogP contribution in [0.4, 0.5) is 10.1 Å². The third-order valence-corrected chi connectivity index (χ3v) is 6.20. The maximum Gasteiger partial charge on any atom is 0.266 e. The van der Waals surface area contributed by atoms with Crippen LogP contribution in [-0.4, -0.2) is 28.0 Å². The van der Waals surface area contributed by atoms with Gasteiger partial charge in [0.2, 0.25) is 5.65 Å². The van der Waals surface area contributed by atoms with Crippen molar-refractivity contribution in [1.82, 2.24) is 19.6 Å². The highest BCUT2D eigenvalue weighted by Crippen LogP contribution is 2.28. The van der Waals surface area contributed by atoms with Gasteiger partial charge in [-0.1, -0.05) is 12.1 Å². The van der Waals surface area contributed by atoms with Gasteiger partial charge in [0.15, 0.2) is 0 Å². The molecule has 0 fully saturated rings. The Morgan fingerprint density at radius 2 is 1.66 bits per heavy atom. The number of anilines is 1. The molecule has 0 amide bonds. The van der Waals surface area contributed by atoms with Crippen LogP contribution in [0, 0.1) is 12.7 Å². The minimum absolute atomic E-state index is 0.0378. The molecule has 0 atom stereocenters. The molecule has 1 N–H and O–H groups in total. The molecule has 5 aromatic rings. The second kappa shape index (κ2) is 7.57. The van der Waals surface area contributed by atoms with Gasteiger partial charge < -0.3 is 4.74 Å². The number of ether oxygens (including phenoxy) is 1. The zero-order chi connectivity index (χ0) is 22.3. The molecule has 3 aromatic carbocycles. The third kappa shape index (κ3) is 3.60. The summed E-state index contributed by atoms with van der Waals surface area (Å²) in [5, 5.41) is 8.31. The van der Waals surface area contributed by atoms with Crippen molar-refractivity contribution in [3.05, 3.63) is 84.4 Å². The average Bonchev–Trinajstić information content (AvgIpc) is 3.17. The van der Waals surface area contributed by atoms with Crippen molar-refractivity contribution in [2.45, 2.75) is 11.8 Å². The Balaban J connectivity index is 1.43. The molecular weight excluding hydrogens is 433 g/mol. The van der Waals surface area contributed by atoms with E-state index in [9.17, 15) is 12.8 Å². The van der Waals surface area contributed by atoms with Crippen molar-refractivity contribution >= 4 is 32.4 Å². The van der Waals surface area contributed by atoms with E-state index in [1.54, 1.807) is 24.3 Å². The number of fused-ring (bicyclic) bond motifs is 3. The fourth-order valence-electron chi connectivity index (χ4n) is 3.30. The number of halogens is 1. The van der Waals surface area contributed by atoms with Gasteiger partial charge in [-0.2, -0.15) is 0 Å². The summed E-state index contributed by atoms with van der Waals surface area (Å²) in [4.78, 5) is 4.52. The number of nitrogens with zero attached hydrogens (tertiary/aromatic N) is 4. The molecule has 0 bridgehead atoms. The first-order valence-corrected chi connectivity index (χ1v) is 11.1. The van der Waals surface area contributed by atoms with Gasteiger partial charge in [-0.05, 0) is 67.6 Å². The number of aromatic nitrogens is 4. The van der Waals surface area contributed by atoms with Gasteiger partial charge >= 0.3 is 0 Å². The first-order valence-electron chi connectivity index (χ1n) is 9.57. The smallest absolute Gasteiger partial charge is 0.266 e. The number of rotatable bonds is 5. The standard InChI is InChI=1S/C22H16FN5O3S/c1-14-25-26-21-22(24-19-4-2-3-5-20(19)28(14)21)31-17-10-8-16(9-11-17)27-32(29,30)18-12-6-15(23)7-13-18/h2-13,27H,1H3. The molecule has 2 aromatic heterocycles. The highest BCUT2D eigenvalue weighted by atomic mass is 32.2. The van der Waals surface area contributed by atoms with Gasteiger partial charge in [0.05, 0.1) is 15.9 Å². The van der Waals surface area contributed by atoms with Crippen LogP contribution >= 0.6 is 0 Å². The third-order valence-electron chi connectivity index (χ3n) is 4.81. The zero-order valence-electron chi connectivity index (χ0n) is 16.7. The lowest BCUT2D eigenvalue weighted by Gasteiger charge is -2.11. The molecule has 0 aliphatic carbocycles. The van der Waals surface area contributed by atoms with E-state index in [4.69, 9.17) is 4.74 Å². The molecular formula is C22H16FN5O3S. The average molecular weight is 449 g/mol. The van der Waals surface area contributed by atoms with Gasteiger partial charge in [0.25, 0.3) is 15.9 Å². The molecule has 2 heterocycles. The minimum atomic E-state index is -3.84. The van der Waals surface area contributed by atoms with Crippen molar-refractivity contribution in [3.63, 3.8) is 0 Å². The summed E-state index contributed by atoms with van der Waals surface area (Å²) < 4.78 is 48.3. The van der Waals surface area contributed by atoms with Gasteiger partial charge in [-0.3, -0.25) is 9.12 Å². The first-order chi connectivity index (χ1) is 15.4. The van der Waals surface area contributed by atoms with Crippen molar-refractivity contribution < 1.29 is 17.5 Å². The maximum atomic E-state index is 13.1. The predicted octanol–water partition coefficient (Wildman–Crippen LogP) is 4.32. The van der Waals surface area contributed by atoms with Crippen LogP contribution in [0.25, 0.3) is 16.7 Å². The molecule has 10 heteroatoms. The predicted molar refractivity (Wildman–Crippen MR) is 117 cm³/mol. The number of hydrogen-bond donors (Lipinski definition) is 1. The fourth-order valence-corrected chi connectivity index (χ4v) is 4.35. The Bertz CT molecular complexity index is 1550. The number of nitrogens with one attached hydrogen (secondary N) is 1. The van der Waals surface area contributed by atoms with Crippen molar-refractivity contribution in [3.8, 4) is 11.6 Å². The summed E-state index contributed by atoms with van der Waals surface area (Å²) in [5.41, 5.74) is 2.39. The SMILES string of the molecule is Cc1nnc2c(Oc3ccc(NS(=O)(=O)c4ccc(F)cc4)cc3)nc3ccccc3n12. The fraction of sp³-hybridized carbons (Fsp3) is 0.0455. The second-order valence-corrected chi connectivity index (χ2v) is 8.68. The zero-order valence-corrected chi connectivity index (χ0v) is 17.5. The van der Waals surface area contributed by atoms with Crippen molar-refractivity contribution in [2.24, 2.45) is 0 Å². The summed E-state index contributed by atoms with van der Waals surface area (Å²) in [6.45, 7) is 1.85. The van der Waals surface area contributed by atoms with E-state index in [-0.39, 0.29) is 10.8 Å². The van der Waals surface area contributed by atoms with Crippen LogP contribution in [0.3, 0.4) is 0 Å². The van der Waals surface area contributed by atoms with Crippen LogP contribution in [0.15, 0.2) is 77.7 Å². The van der Waals surface area contributed by atoms with Crippen LogP contribution in [0.5, 0.6) is 11.6 Å². The first kappa shape index (κ1) is 19.9. The molecule has 160 valence electrons. The van der Waals surface area contributed by atoms with E-state index in [1.165, 1.54) is 12.1 Å². The summed E-state index contributed by atoms with van der Waals surface area (Å²) in [6.07, 6.45) is 0. The van der Waals surface area contributed by atoms with Gasteiger partial charge in [-0.25, -0.2) is 17.8 Å². The Hall–Kier alpha value is -4.05. The molecule has 0 saturated heterocycles. The molecule has 0 aliphatic heterocycles.